The van der Waals surface area contributed by atoms with Crippen molar-refractivity contribution in [3.8, 4) is 0 Å². The maximum atomic E-state index is 12.3. The van der Waals surface area contributed by atoms with E-state index in [1.807, 2.05) is 0 Å². The summed E-state index contributed by atoms with van der Waals surface area (Å²) in [6.45, 7) is 25.4. The van der Waals surface area contributed by atoms with Crippen LogP contribution in [0.3, 0.4) is 0 Å². The summed E-state index contributed by atoms with van der Waals surface area (Å²) >= 11 is 0. The number of carbonyl (C=O) groups excluding carboxylic acids is 2. The average Bonchev–Trinajstić information content (AvgIpc) is 3.12. The van der Waals surface area contributed by atoms with Crippen LogP contribution in [0.1, 0.15) is 203 Å². The predicted molar refractivity (Wildman–Crippen MR) is 232 cm³/mol. The topological polar surface area (TPSA) is 59.1 Å². The Morgan fingerprint density at radius 3 is 1.20 bits per heavy atom. The first-order valence-corrected chi connectivity index (χ1v) is 23.6. The lowest BCUT2D eigenvalue weighted by Crippen LogP contribution is -2.44. The van der Waals surface area contributed by atoms with Gasteiger partial charge in [0.15, 0.2) is 0 Å². The molecule has 320 valence electrons. The lowest BCUT2D eigenvalue weighted by atomic mass is 9.89. The van der Waals surface area contributed by atoms with Gasteiger partial charge in [0, 0.05) is 39.0 Å². The molecule has 1 fully saturated rings. The van der Waals surface area contributed by atoms with Crippen LogP contribution in [0.5, 0.6) is 0 Å². The Morgan fingerprint density at radius 1 is 0.463 bits per heavy atom. The molecule has 0 spiro atoms. The van der Waals surface area contributed by atoms with Gasteiger partial charge in [-0.15, -0.1) is 0 Å². The molecule has 0 amide bonds. The zero-order valence-electron chi connectivity index (χ0n) is 37.8. The fraction of sp³-hybridized carbons (Fsp3) is 0.958. The average molecular weight is 763 g/mol. The number of nitrogens with zero attached hydrogens (tertiary/aromatic N) is 2. The molecule has 1 aliphatic rings. The standard InChI is InChI=1S/C48H94N2O4/c1-40(2)28-30-45(42(5)6)38-53-47(51)26-22-18-14-10-12-16-20-24-44(32-33-50-36-34-49(9)35-37-50)25-21-17-13-11-15-19-23-27-48(52)54-39-46(43(7)8)31-29-41(3)4/h40-46H,10-39H2,1-9H3. The van der Waals surface area contributed by atoms with Crippen LogP contribution < -0.4 is 0 Å². The van der Waals surface area contributed by atoms with Crippen molar-refractivity contribution in [3.63, 3.8) is 0 Å². The Morgan fingerprint density at radius 2 is 0.833 bits per heavy atom. The van der Waals surface area contributed by atoms with E-state index < -0.39 is 0 Å². The first kappa shape index (κ1) is 50.9. The van der Waals surface area contributed by atoms with Gasteiger partial charge >= 0.3 is 11.9 Å². The molecule has 0 bridgehead atoms. The Balaban J connectivity index is 2.20. The summed E-state index contributed by atoms with van der Waals surface area (Å²) in [6, 6.07) is 0. The summed E-state index contributed by atoms with van der Waals surface area (Å²) in [6.07, 6.45) is 27.4. The third kappa shape index (κ3) is 29.1. The van der Waals surface area contributed by atoms with Gasteiger partial charge in [-0.3, -0.25) is 9.59 Å². The monoisotopic (exact) mass is 763 g/mol. The van der Waals surface area contributed by atoms with Crippen LogP contribution >= 0.6 is 0 Å². The van der Waals surface area contributed by atoms with Gasteiger partial charge in [-0.05, 0) is 87.1 Å². The third-order valence-corrected chi connectivity index (χ3v) is 12.5. The molecule has 1 heterocycles. The van der Waals surface area contributed by atoms with E-state index in [1.54, 1.807) is 0 Å². The van der Waals surface area contributed by atoms with Crippen molar-refractivity contribution in [3.05, 3.63) is 0 Å². The van der Waals surface area contributed by atoms with Crippen molar-refractivity contribution >= 4 is 11.9 Å². The highest BCUT2D eigenvalue weighted by Crippen LogP contribution is 2.25. The Hall–Kier alpha value is -1.14. The minimum Gasteiger partial charge on any atom is -0.465 e. The highest BCUT2D eigenvalue weighted by Gasteiger charge is 2.19. The fourth-order valence-corrected chi connectivity index (χ4v) is 7.90. The maximum absolute atomic E-state index is 12.3. The lowest BCUT2D eigenvalue weighted by Gasteiger charge is -2.33. The second kappa shape index (κ2) is 32.9. The van der Waals surface area contributed by atoms with Crippen LogP contribution in [0.25, 0.3) is 0 Å². The van der Waals surface area contributed by atoms with Crippen molar-refractivity contribution in [2.45, 2.75) is 203 Å². The van der Waals surface area contributed by atoms with Crippen LogP contribution in [-0.2, 0) is 19.1 Å². The van der Waals surface area contributed by atoms with Crippen LogP contribution in [-0.4, -0.2) is 74.7 Å². The van der Waals surface area contributed by atoms with Gasteiger partial charge in [-0.25, -0.2) is 0 Å². The second-order valence-corrected chi connectivity index (χ2v) is 19.1. The second-order valence-electron chi connectivity index (χ2n) is 19.1. The number of unbranched alkanes of at least 4 members (excludes halogenated alkanes) is 12. The van der Waals surface area contributed by atoms with E-state index in [1.165, 1.54) is 129 Å². The van der Waals surface area contributed by atoms with E-state index in [0.717, 1.165) is 44.4 Å². The summed E-state index contributed by atoms with van der Waals surface area (Å²) < 4.78 is 11.4. The minimum absolute atomic E-state index is 0.00439. The molecule has 1 saturated heterocycles. The molecule has 1 rings (SSSR count). The molecule has 1 aliphatic heterocycles. The molecule has 0 aromatic carbocycles. The largest absolute Gasteiger partial charge is 0.465 e. The summed E-state index contributed by atoms with van der Waals surface area (Å²) in [7, 11) is 2.25. The molecule has 0 radical (unpaired) electrons. The van der Waals surface area contributed by atoms with E-state index in [-0.39, 0.29) is 11.9 Å². The van der Waals surface area contributed by atoms with E-state index >= 15 is 0 Å². The van der Waals surface area contributed by atoms with Gasteiger partial charge in [0.25, 0.3) is 0 Å². The number of rotatable bonds is 35. The minimum atomic E-state index is 0.00439. The SMILES string of the molecule is CC(C)CCC(COC(=O)CCCCCCCCCC(CCCCCCCCCC(=O)OCC(CCC(C)C)C(C)C)CCN1CCN(C)CC1)C(C)C. The fourth-order valence-electron chi connectivity index (χ4n) is 7.90. The molecular formula is C48H94N2O4. The number of hydrogen-bond donors (Lipinski definition) is 0. The first-order valence-electron chi connectivity index (χ1n) is 23.6. The molecule has 0 aromatic heterocycles. The van der Waals surface area contributed by atoms with Crippen molar-refractivity contribution in [1.82, 2.24) is 9.80 Å². The number of carbonyl (C=O) groups is 2. The van der Waals surface area contributed by atoms with E-state index in [4.69, 9.17) is 9.47 Å². The summed E-state index contributed by atoms with van der Waals surface area (Å²) in [5.74, 6) is 4.38. The zero-order chi connectivity index (χ0) is 40.0. The third-order valence-electron chi connectivity index (χ3n) is 12.5. The summed E-state index contributed by atoms with van der Waals surface area (Å²) in [5, 5.41) is 0. The zero-order valence-corrected chi connectivity index (χ0v) is 37.8. The number of likely N-dealkylation sites (N-methyl/N-ethyl adjacent to an activating group) is 1. The van der Waals surface area contributed by atoms with Gasteiger partial charge in [0.2, 0.25) is 0 Å². The molecule has 6 nitrogen and oxygen atoms in total. The Kier molecular flexibility index (Phi) is 31.0. The molecule has 54 heavy (non-hydrogen) atoms. The molecule has 0 aromatic rings. The van der Waals surface area contributed by atoms with Crippen molar-refractivity contribution in [2.24, 2.45) is 41.4 Å². The lowest BCUT2D eigenvalue weighted by molar-refractivity contribution is -0.146. The van der Waals surface area contributed by atoms with Crippen molar-refractivity contribution in [1.29, 1.82) is 0 Å². The molecular weight excluding hydrogens is 669 g/mol. The van der Waals surface area contributed by atoms with Gasteiger partial charge in [-0.1, -0.05) is 158 Å². The summed E-state index contributed by atoms with van der Waals surface area (Å²) in [5.41, 5.74) is 0. The number of ether oxygens (including phenoxy) is 2. The molecule has 2 unspecified atom stereocenters. The molecule has 0 N–H and O–H groups in total. The normalized spacial score (nSPS) is 16.1. The smallest absolute Gasteiger partial charge is 0.305 e. The van der Waals surface area contributed by atoms with Crippen LogP contribution in [0.4, 0.5) is 0 Å². The van der Waals surface area contributed by atoms with Crippen LogP contribution in [0.2, 0.25) is 0 Å². The molecule has 2 atom stereocenters. The number of piperazine rings is 1. The molecule has 6 heteroatoms. The molecule has 0 saturated carbocycles. The Bertz CT molecular complexity index is 824. The van der Waals surface area contributed by atoms with Gasteiger partial charge in [0.05, 0.1) is 13.2 Å². The van der Waals surface area contributed by atoms with Crippen molar-refractivity contribution in [2.75, 3.05) is 53.0 Å². The maximum Gasteiger partial charge on any atom is 0.305 e. The van der Waals surface area contributed by atoms with E-state index in [0.29, 0.717) is 61.6 Å². The highest BCUT2D eigenvalue weighted by molar-refractivity contribution is 5.69. The Labute approximate surface area is 337 Å². The van der Waals surface area contributed by atoms with E-state index in [2.05, 4.69) is 72.2 Å². The number of esters is 2. The molecule has 0 aliphatic carbocycles. The van der Waals surface area contributed by atoms with Gasteiger partial charge in [0.1, 0.15) is 0 Å². The van der Waals surface area contributed by atoms with Crippen LogP contribution in [0, 0.1) is 41.4 Å². The predicted octanol–water partition coefficient (Wildman–Crippen LogP) is 12.8. The van der Waals surface area contributed by atoms with Crippen molar-refractivity contribution < 1.29 is 19.1 Å². The number of hydrogen-bond acceptors (Lipinski definition) is 6. The van der Waals surface area contributed by atoms with Crippen LogP contribution in [0.15, 0.2) is 0 Å². The van der Waals surface area contributed by atoms with Gasteiger partial charge in [-0.2, -0.15) is 0 Å². The first-order chi connectivity index (χ1) is 25.9. The quantitative estimate of drug-likeness (QED) is 0.0473. The summed E-state index contributed by atoms with van der Waals surface area (Å²) in [4.78, 5) is 29.8. The van der Waals surface area contributed by atoms with Gasteiger partial charge < -0.3 is 19.3 Å². The highest BCUT2D eigenvalue weighted by atomic mass is 16.5. The van der Waals surface area contributed by atoms with E-state index in [9.17, 15) is 9.59 Å².